The highest BCUT2D eigenvalue weighted by molar-refractivity contribution is 7.12. The zero-order chi connectivity index (χ0) is 14.7. The first-order chi connectivity index (χ1) is 10.3. The van der Waals surface area contributed by atoms with Crippen LogP contribution in [0.4, 0.5) is 5.69 Å². The molecule has 0 saturated heterocycles. The van der Waals surface area contributed by atoms with Crippen molar-refractivity contribution in [1.29, 1.82) is 0 Å². The number of benzene rings is 1. The lowest BCUT2D eigenvalue weighted by molar-refractivity contribution is 0.618. The highest BCUT2D eigenvalue weighted by atomic mass is 32.1. The molecule has 0 radical (unpaired) electrons. The maximum Gasteiger partial charge on any atom is 0.0757 e. The molecule has 0 amide bonds. The van der Waals surface area contributed by atoms with Crippen LogP contribution in [0.2, 0.25) is 0 Å². The van der Waals surface area contributed by atoms with Crippen LogP contribution in [0.25, 0.3) is 0 Å². The van der Waals surface area contributed by atoms with E-state index in [0.29, 0.717) is 12.6 Å². The third kappa shape index (κ3) is 2.99. The third-order valence-electron chi connectivity index (χ3n) is 4.35. The predicted octanol–water partition coefficient (Wildman–Crippen LogP) is 4.15. The fraction of sp³-hybridized carbons (Fsp3) is 0.444. The highest BCUT2D eigenvalue weighted by Gasteiger charge is 2.24. The van der Waals surface area contributed by atoms with Gasteiger partial charge >= 0.3 is 0 Å². The van der Waals surface area contributed by atoms with Gasteiger partial charge in [-0.25, -0.2) is 0 Å². The normalized spacial score (nSPS) is 16.4. The van der Waals surface area contributed by atoms with Gasteiger partial charge in [0.15, 0.2) is 0 Å². The van der Waals surface area contributed by atoms with Crippen LogP contribution in [0.5, 0.6) is 0 Å². The van der Waals surface area contributed by atoms with Crippen molar-refractivity contribution in [2.45, 2.75) is 38.6 Å². The van der Waals surface area contributed by atoms with E-state index in [0.717, 1.165) is 13.0 Å². The minimum absolute atomic E-state index is 0.314. The Balaban J connectivity index is 1.96. The lowest BCUT2D eigenvalue weighted by Gasteiger charge is -2.32. The molecular weight excluding hydrogens is 276 g/mol. The Morgan fingerprint density at radius 1 is 1.19 bits per heavy atom. The minimum Gasteiger partial charge on any atom is -0.362 e. The average molecular weight is 300 g/mol. The molecule has 1 unspecified atom stereocenters. The number of nitrogens with zero attached hydrogens (tertiary/aromatic N) is 1. The van der Waals surface area contributed by atoms with Gasteiger partial charge < -0.3 is 10.6 Å². The Labute approximate surface area is 131 Å². The molecule has 0 aliphatic carbocycles. The molecule has 1 aromatic carbocycles. The summed E-state index contributed by atoms with van der Waals surface area (Å²) in [5.41, 5.74) is 9.02. The zero-order valence-electron chi connectivity index (χ0n) is 12.7. The van der Waals surface area contributed by atoms with E-state index in [4.69, 9.17) is 5.73 Å². The van der Waals surface area contributed by atoms with Crippen molar-refractivity contribution >= 4 is 17.0 Å². The summed E-state index contributed by atoms with van der Waals surface area (Å²) in [6, 6.07) is 13.7. The first kappa shape index (κ1) is 14.6. The van der Waals surface area contributed by atoms with E-state index >= 15 is 0 Å². The van der Waals surface area contributed by atoms with Gasteiger partial charge in [0.25, 0.3) is 0 Å². The van der Waals surface area contributed by atoms with Gasteiger partial charge in [0.05, 0.1) is 6.04 Å². The maximum atomic E-state index is 6.16. The Hall–Kier alpha value is -1.32. The summed E-state index contributed by atoms with van der Waals surface area (Å²) in [4.78, 5) is 5.39. The second kappa shape index (κ2) is 6.63. The molecule has 3 rings (SSSR count). The second-order valence-electron chi connectivity index (χ2n) is 5.69. The standard InChI is InChI=1S/C18H24N2S/c1-2-15-10-11-18(21-15)17(13-19)20-12-6-5-8-14-7-3-4-9-16(14)20/h3-4,7,9-11,17H,2,5-6,8,12-13,19H2,1H3. The summed E-state index contributed by atoms with van der Waals surface area (Å²) >= 11 is 1.92. The second-order valence-corrected chi connectivity index (χ2v) is 6.89. The summed E-state index contributed by atoms with van der Waals surface area (Å²) in [7, 11) is 0. The molecule has 0 fully saturated rings. The number of nitrogens with two attached hydrogens (primary N) is 1. The monoisotopic (exact) mass is 300 g/mol. The fourth-order valence-electron chi connectivity index (χ4n) is 3.20. The van der Waals surface area contributed by atoms with E-state index in [9.17, 15) is 0 Å². The lowest BCUT2D eigenvalue weighted by Crippen LogP contribution is -2.34. The van der Waals surface area contributed by atoms with Gasteiger partial charge in [-0.2, -0.15) is 0 Å². The van der Waals surface area contributed by atoms with E-state index < -0.39 is 0 Å². The number of aryl methyl sites for hydroxylation is 2. The summed E-state index contributed by atoms with van der Waals surface area (Å²) in [6.45, 7) is 4.00. The molecule has 2 nitrogen and oxygen atoms in total. The van der Waals surface area contributed by atoms with Crippen LogP contribution < -0.4 is 10.6 Å². The lowest BCUT2D eigenvalue weighted by atomic mass is 10.1. The molecule has 0 spiro atoms. The van der Waals surface area contributed by atoms with Crippen LogP contribution in [0.15, 0.2) is 36.4 Å². The van der Waals surface area contributed by atoms with E-state index in [2.05, 4.69) is 48.2 Å². The van der Waals surface area contributed by atoms with Crippen molar-refractivity contribution < 1.29 is 0 Å². The summed E-state index contributed by atoms with van der Waals surface area (Å²) in [5.74, 6) is 0. The number of thiophene rings is 1. The van der Waals surface area contributed by atoms with Gasteiger partial charge in [0.1, 0.15) is 0 Å². The number of hydrogen-bond acceptors (Lipinski definition) is 3. The molecule has 1 aliphatic heterocycles. The smallest absolute Gasteiger partial charge is 0.0757 e. The summed E-state index contributed by atoms with van der Waals surface area (Å²) in [5, 5.41) is 0. The van der Waals surface area contributed by atoms with Crippen LogP contribution in [-0.2, 0) is 12.8 Å². The molecule has 1 aliphatic rings. The molecule has 2 heterocycles. The number of hydrogen-bond donors (Lipinski definition) is 1. The van der Waals surface area contributed by atoms with Crippen LogP contribution in [0.3, 0.4) is 0 Å². The summed E-state index contributed by atoms with van der Waals surface area (Å²) in [6.07, 6.45) is 4.82. The minimum atomic E-state index is 0.314. The Kier molecular flexibility index (Phi) is 4.61. The van der Waals surface area contributed by atoms with Gasteiger partial charge in [-0.05, 0) is 49.4 Å². The molecule has 1 aromatic heterocycles. The Morgan fingerprint density at radius 3 is 2.81 bits per heavy atom. The number of fused-ring (bicyclic) bond motifs is 1. The molecule has 2 aromatic rings. The van der Waals surface area contributed by atoms with Gasteiger partial charge in [-0.3, -0.25) is 0 Å². The third-order valence-corrected chi connectivity index (χ3v) is 5.69. The molecule has 0 bridgehead atoms. The van der Waals surface area contributed by atoms with Crippen molar-refractivity contribution in [2.24, 2.45) is 5.73 Å². The molecule has 3 heteroatoms. The van der Waals surface area contributed by atoms with E-state index in [-0.39, 0.29) is 0 Å². The molecule has 1 atom stereocenters. The van der Waals surface area contributed by atoms with Crippen molar-refractivity contribution in [1.82, 2.24) is 0 Å². The highest BCUT2D eigenvalue weighted by Crippen LogP contribution is 2.35. The van der Waals surface area contributed by atoms with Crippen molar-refractivity contribution in [3.05, 3.63) is 51.7 Å². The van der Waals surface area contributed by atoms with E-state index in [1.54, 1.807) is 0 Å². The van der Waals surface area contributed by atoms with E-state index in [1.165, 1.54) is 40.3 Å². The van der Waals surface area contributed by atoms with Crippen molar-refractivity contribution in [3.8, 4) is 0 Å². The Bertz CT molecular complexity index is 590. The number of para-hydroxylation sites is 1. The molecular formula is C18H24N2S. The van der Waals surface area contributed by atoms with Crippen LogP contribution in [0.1, 0.15) is 41.1 Å². The van der Waals surface area contributed by atoms with Crippen molar-refractivity contribution in [3.63, 3.8) is 0 Å². The largest absolute Gasteiger partial charge is 0.362 e. The topological polar surface area (TPSA) is 29.3 Å². The van der Waals surface area contributed by atoms with Crippen molar-refractivity contribution in [2.75, 3.05) is 18.0 Å². The van der Waals surface area contributed by atoms with Gasteiger partial charge in [-0.1, -0.05) is 25.1 Å². The predicted molar refractivity (Wildman–Crippen MR) is 92.2 cm³/mol. The van der Waals surface area contributed by atoms with Crippen LogP contribution in [0, 0.1) is 0 Å². The molecule has 21 heavy (non-hydrogen) atoms. The first-order valence-corrected chi connectivity index (χ1v) is 8.78. The van der Waals surface area contributed by atoms with Crippen LogP contribution in [-0.4, -0.2) is 13.1 Å². The van der Waals surface area contributed by atoms with Gasteiger partial charge in [0, 0.05) is 28.5 Å². The molecule has 2 N–H and O–H groups in total. The SMILES string of the molecule is CCc1ccc(C(CN)N2CCCCc3ccccc32)s1. The van der Waals surface area contributed by atoms with E-state index in [1.807, 2.05) is 11.3 Å². The van der Waals surface area contributed by atoms with Gasteiger partial charge in [0.2, 0.25) is 0 Å². The number of rotatable bonds is 4. The fourth-order valence-corrected chi connectivity index (χ4v) is 4.28. The first-order valence-electron chi connectivity index (χ1n) is 7.96. The Morgan fingerprint density at radius 2 is 2.05 bits per heavy atom. The quantitative estimate of drug-likeness (QED) is 0.919. The number of anilines is 1. The summed E-state index contributed by atoms with van der Waals surface area (Å²) < 4.78 is 0. The van der Waals surface area contributed by atoms with Gasteiger partial charge in [-0.15, -0.1) is 11.3 Å². The molecule has 112 valence electrons. The van der Waals surface area contributed by atoms with Crippen LogP contribution >= 0.6 is 11.3 Å². The molecule has 0 saturated carbocycles. The maximum absolute atomic E-state index is 6.16. The zero-order valence-corrected chi connectivity index (χ0v) is 13.5. The average Bonchev–Trinajstić information content (AvgIpc) is 2.90.